The second kappa shape index (κ2) is 9.69. The molecular weight excluding hydrogens is 446 g/mol. The van der Waals surface area contributed by atoms with Crippen LogP contribution >= 0.6 is 0 Å². The van der Waals surface area contributed by atoms with Gasteiger partial charge in [-0.2, -0.15) is 4.36 Å². The maximum Gasteiger partial charge on any atom is 0.136 e. The Hall–Kier alpha value is -2.65. The summed E-state index contributed by atoms with van der Waals surface area (Å²) >= 11 is 0. The van der Waals surface area contributed by atoms with Crippen LogP contribution < -0.4 is 4.74 Å². The highest BCUT2D eigenvalue weighted by molar-refractivity contribution is 7.92. The van der Waals surface area contributed by atoms with E-state index in [1.807, 2.05) is 0 Å². The Morgan fingerprint density at radius 3 is 2.79 bits per heavy atom. The van der Waals surface area contributed by atoms with E-state index in [1.165, 1.54) is 37.0 Å². The van der Waals surface area contributed by atoms with Gasteiger partial charge in [-0.25, -0.2) is 23.0 Å². The molecule has 1 aliphatic rings. The quantitative estimate of drug-likeness (QED) is 0.517. The van der Waals surface area contributed by atoms with Crippen LogP contribution in [0.2, 0.25) is 0 Å². The summed E-state index contributed by atoms with van der Waals surface area (Å²) in [5, 5.41) is 0.264. The fourth-order valence-electron chi connectivity index (χ4n) is 4.17. The monoisotopic (exact) mass is 474 g/mol. The number of hydrogen-bond donors (Lipinski definition) is 0. The van der Waals surface area contributed by atoms with Crippen molar-refractivity contribution in [1.82, 2.24) is 14.9 Å². The fraction of sp³-hybridized carbons (Fsp3) is 0.417. The third kappa shape index (κ3) is 5.83. The molecule has 9 heteroatoms. The number of halogens is 2. The van der Waals surface area contributed by atoms with E-state index in [0.29, 0.717) is 17.0 Å². The Kier molecular flexibility index (Phi) is 6.90. The Labute approximate surface area is 193 Å². The second-order valence-electron chi connectivity index (χ2n) is 8.62. The first-order valence-corrected chi connectivity index (χ1v) is 13.3. The maximum absolute atomic E-state index is 15.1. The van der Waals surface area contributed by atoms with Crippen LogP contribution in [-0.4, -0.2) is 57.3 Å². The molecule has 4 rings (SSSR count). The van der Waals surface area contributed by atoms with Crippen molar-refractivity contribution in [1.29, 1.82) is 0 Å². The van der Waals surface area contributed by atoms with Gasteiger partial charge >= 0.3 is 0 Å². The molecule has 1 aliphatic heterocycles. The molecule has 0 saturated carbocycles. The van der Waals surface area contributed by atoms with Crippen LogP contribution in [0.3, 0.4) is 0 Å². The van der Waals surface area contributed by atoms with E-state index in [9.17, 15) is 8.60 Å². The summed E-state index contributed by atoms with van der Waals surface area (Å²) in [6, 6.07) is 7.25. The lowest BCUT2D eigenvalue weighted by atomic mass is 10.0. The summed E-state index contributed by atoms with van der Waals surface area (Å²) in [5.41, 5.74) is 1.83. The number of nitrogens with zero attached hydrogens (tertiary/aromatic N) is 4. The van der Waals surface area contributed by atoms with E-state index in [1.54, 1.807) is 12.1 Å². The predicted octanol–water partition coefficient (Wildman–Crippen LogP) is 4.72. The summed E-state index contributed by atoms with van der Waals surface area (Å²) < 4.78 is 51.5. The molecule has 0 radical (unpaired) electrons. The molecule has 1 fully saturated rings. The molecule has 33 heavy (non-hydrogen) atoms. The lowest BCUT2D eigenvalue weighted by molar-refractivity contribution is 0.0910. The lowest BCUT2D eigenvalue weighted by Crippen LogP contribution is -2.41. The van der Waals surface area contributed by atoms with E-state index in [0.717, 1.165) is 38.0 Å². The number of benzene rings is 2. The molecule has 0 aliphatic carbocycles. The van der Waals surface area contributed by atoms with Crippen molar-refractivity contribution in [2.45, 2.75) is 32.3 Å². The van der Waals surface area contributed by atoms with Crippen LogP contribution in [-0.2, 0) is 16.1 Å². The molecule has 0 spiro atoms. The Bertz CT molecular complexity index is 1280. The van der Waals surface area contributed by atoms with Crippen molar-refractivity contribution < 1.29 is 17.7 Å². The summed E-state index contributed by atoms with van der Waals surface area (Å²) in [7, 11) is -2.44. The molecular formula is C24H28F2N4O2S. The van der Waals surface area contributed by atoms with Gasteiger partial charge in [-0.05, 0) is 38.1 Å². The SMILES string of the molecule is CCN1CCC[C@@H](Oc2cc(F)ccc2Cc2ncnc3cc(N=S(C)(C)=O)cc(F)c23)C1. The zero-order valence-electron chi connectivity index (χ0n) is 19.1. The third-order valence-electron chi connectivity index (χ3n) is 5.67. The highest BCUT2D eigenvalue weighted by Gasteiger charge is 2.22. The van der Waals surface area contributed by atoms with Crippen LogP contribution in [0.25, 0.3) is 10.9 Å². The van der Waals surface area contributed by atoms with Crippen LogP contribution in [0.4, 0.5) is 14.5 Å². The smallest absolute Gasteiger partial charge is 0.136 e. The van der Waals surface area contributed by atoms with Gasteiger partial charge < -0.3 is 4.74 Å². The number of rotatable bonds is 6. The van der Waals surface area contributed by atoms with Gasteiger partial charge in [0, 0.05) is 52.9 Å². The molecule has 0 amide bonds. The van der Waals surface area contributed by atoms with Crippen LogP contribution in [0, 0.1) is 11.6 Å². The first-order chi connectivity index (χ1) is 15.7. The number of ether oxygens (including phenoxy) is 1. The van der Waals surface area contributed by atoms with E-state index in [-0.39, 0.29) is 29.4 Å². The Balaban J connectivity index is 1.68. The van der Waals surface area contributed by atoms with E-state index < -0.39 is 15.5 Å². The van der Waals surface area contributed by atoms with Crippen LogP contribution in [0.5, 0.6) is 5.75 Å². The standard InChI is InChI=1S/C24H28F2N4O2S/c1-4-30-9-5-6-19(14-30)32-23-11-17(25)8-7-16(23)10-21-24-20(26)12-18(29-33(2,3)31)13-22(24)28-15-27-21/h7-8,11-13,15,19H,4-6,9-10,14H2,1-3H3/t19-/m1/s1. The molecule has 6 nitrogen and oxygen atoms in total. The van der Waals surface area contributed by atoms with Crippen molar-refractivity contribution in [2.75, 3.05) is 32.1 Å². The molecule has 1 saturated heterocycles. The number of piperidine rings is 1. The summed E-state index contributed by atoms with van der Waals surface area (Å²) in [6.45, 7) is 4.89. The predicted molar refractivity (Wildman–Crippen MR) is 127 cm³/mol. The van der Waals surface area contributed by atoms with Gasteiger partial charge in [0.1, 0.15) is 29.8 Å². The minimum Gasteiger partial charge on any atom is -0.489 e. The van der Waals surface area contributed by atoms with Crippen molar-refractivity contribution in [3.05, 3.63) is 59.6 Å². The minimum absolute atomic E-state index is 0.0276. The van der Waals surface area contributed by atoms with Gasteiger partial charge in [-0.3, -0.25) is 4.90 Å². The highest BCUT2D eigenvalue weighted by Crippen LogP contribution is 2.30. The molecule has 1 aromatic heterocycles. The normalized spacial score (nSPS) is 17.3. The van der Waals surface area contributed by atoms with Gasteiger partial charge in [-0.15, -0.1) is 0 Å². The average molecular weight is 475 g/mol. The number of likely N-dealkylation sites (tertiary alicyclic amines) is 1. The van der Waals surface area contributed by atoms with Gasteiger partial charge in [0.15, 0.2) is 0 Å². The number of aromatic nitrogens is 2. The average Bonchev–Trinajstić information content (AvgIpc) is 2.74. The van der Waals surface area contributed by atoms with E-state index in [2.05, 4.69) is 26.2 Å². The second-order valence-corrected chi connectivity index (χ2v) is 11.2. The number of hydrogen-bond acceptors (Lipinski definition) is 6. The van der Waals surface area contributed by atoms with Crippen LogP contribution in [0.15, 0.2) is 41.0 Å². The molecule has 3 aromatic rings. The first kappa shape index (κ1) is 23.5. The molecule has 2 aromatic carbocycles. The van der Waals surface area contributed by atoms with Crippen LogP contribution in [0.1, 0.15) is 31.0 Å². The Morgan fingerprint density at radius 2 is 2.03 bits per heavy atom. The van der Waals surface area contributed by atoms with Crippen molar-refractivity contribution in [3.63, 3.8) is 0 Å². The first-order valence-electron chi connectivity index (χ1n) is 11.0. The molecule has 2 heterocycles. The zero-order valence-corrected chi connectivity index (χ0v) is 19.9. The van der Waals surface area contributed by atoms with E-state index >= 15 is 4.39 Å². The molecule has 0 N–H and O–H groups in total. The minimum atomic E-state index is -2.44. The molecule has 1 atom stereocenters. The number of likely N-dealkylation sites (N-methyl/N-ethyl adjacent to an activating group) is 1. The molecule has 176 valence electrons. The zero-order chi connectivity index (χ0) is 23.6. The maximum atomic E-state index is 15.1. The molecule has 0 bridgehead atoms. The van der Waals surface area contributed by atoms with Crippen molar-refractivity contribution in [3.8, 4) is 5.75 Å². The van der Waals surface area contributed by atoms with E-state index in [4.69, 9.17) is 4.74 Å². The summed E-state index contributed by atoms with van der Waals surface area (Å²) in [6.07, 6.45) is 6.50. The Morgan fingerprint density at radius 1 is 1.21 bits per heavy atom. The van der Waals surface area contributed by atoms with Crippen molar-refractivity contribution in [2.24, 2.45) is 4.36 Å². The third-order valence-corrected chi connectivity index (χ3v) is 6.32. The van der Waals surface area contributed by atoms with Gasteiger partial charge in [0.2, 0.25) is 0 Å². The van der Waals surface area contributed by atoms with Gasteiger partial charge in [0.25, 0.3) is 0 Å². The highest BCUT2D eigenvalue weighted by atomic mass is 32.2. The van der Waals surface area contributed by atoms with Gasteiger partial charge in [-0.1, -0.05) is 13.0 Å². The molecule has 0 unspecified atom stereocenters. The van der Waals surface area contributed by atoms with Gasteiger partial charge in [0.05, 0.1) is 22.3 Å². The summed E-state index contributed by atoms with van der Waals surface area (Å²) in [4.78, 5) is 10.8. The topological polar surface area (TPSA) is 67.7 Å². The summed E-state index contributed by atoms with van der Waals surface area (Å²) in [5.74, 6) is -0.473. The lowest BCUT2D eigenvalue weighted by Gasteiger charge is -2.32. The van der Waals surface area contributed by atoms with Crippen molar-refractivity contribution >= 4 is 26.3 Å². The number of fused-ring (bicyclic) bond motifs is 1. The largest absolute Gasteiger partial charge is 0.489 e. The fourth-order valence-corrected chi connectivity index (χ4v) is 4.79.